The number of esters is 1. The normalized spacial score (nSPS) is 11.1. The van der Waals surface area contributed by atoms with Gasteiger partial charge in [0.05, 0.1) is 11.3 Å². The van der Waals surface area contributed by atoms with Crippen LogP contribution in [0.1, 0.15) is 27.0 Å². The smallest absolute Gasteiger partial charge is 0.340 e. The van der Waals surface area contributed by atoms with Gasteiger partial charge in [0.25, 0.3) is 0 Å². The molecule has 0 saturated carbocycles. The van der Waals surface area contributed by atoms with E-state index in [0.717, 1.165) is 16.7 Å². The molecule has 6 nitrogen and oxygen atoms in total. The minimum Gasteiger partial charge on any atom is -0.457 e. The number of carbonyl (C=O) groups is 1. The molecular weight excluding hydrogens is 450 g/mol. The number of aryl methyl sites for hydroxylation is 2. The monoisotopic (exact) mass is 473 g/mol. The maximum Gasteiger partial charge on any atom is 0.340 e. The van der Waals surface area contributed by atoms with Gasteiger partial charge < -0.3 is 8.92 Å². The van der Waals surface area contributed by atoms with Gasteiger partial charge in [0.1, 0.15) is 11.5 Å². The third kappa shape index (κ3) is 5.68. The van der Waals surface area contributed by atoms with Crippen LogP contribution >= 0.6 is 0 Å². The third-order valence-corrected chi connectivity index (χ3v) is 6.34. The van der Waals surface area contributed by atoms with Crippen molar-refractivity contribution in [3.63, 3.8) is 0 Å². The summed E-state index contributed by atoms with van der Waals surface area (Å²) < 4.78 is 36.4. The van der Waals surface area contributed by atoms with Gasteiger partial charge in [-0.1, -0.05) is 77.9 Å². The largest absolute Gasteiger partial charge is 0.457 e. The summed E-state index contributed by atoms with van der Waals surface area (Å²) in [5.74, 6) is -0.831. The maximum atomic E-state index is 12.8. The lowest BCUT2D eigenvalue weighted by molar-refractivity contribution is 0.0472. The molecule has 34 heavy (non-hydrogen) atoms. The van der Waals surface area contributed by atoms with Gasteiger partial charge in [-0.25, -0.2) is 9.78 Å². The Morgan fingerprint density at radius 3 is 2.09 bits per heavy atom. The second-order valence-electron chi connectivity index (χ2n) is 7.86. The first kappa shape index (κ1) is 23.2. The van der Waals surface area contributed by atoms with E-state index >= 15 is 0 Å². The summed E-state index contributed by atoms with van der Waals surface area (Å²) >= 11 is 0. The van der Waals surface area contributed by atoms with Crippen molar-refractivity contribution in [2.24, 2.45) is 0 Å². The van der Waals surface area contributed by atoms with Crippen LogP contribution < -0.4 is 4.18 Å². The highest BCUT2D eigenvalue weighted by molar-refractivity contribution is 7.87. The number of hydrogen-bond acceptors (Lipinski definition) is 6. The molecule has 3 aromatic carbocycles. The molecule has 7 heteroatoms. The second kappa shape index (κ2) is 9.89. The molecule has 0 radical (unpaired) electrons. The Kier molecular flexibility index (Phi) is 6.75. The lowest BCUT2D eigenvalue weighted by Gasteiger charge is -2.11. The molecule has 0 amide bonds. The third-order valence-electron chi connectivity index (χ3n) is 5.10. The zero-order valence-corrected chi connectivity index (χ0v) is 19.6. The number of nitrogens with zero attached hydrogens (tertiary/aromatic N) is 1. The molecule has 0 saturated heterocycles. The van der Waals surface area contributed by atoms with Gasteiger partial charge in [-0.05, 0) is 37.6 Å². The SMILES string of the molecule is Cc1ccc(-c2cc(C(=O)OCc3ccccc3)cc(OS(=O)(=O)c3ccc(C)cc3)n2)cc1. The number of pyridine rings is 1. The lowest BCUT2D eigenvalue weighted by atomic mass is 10.1. The van der Waals surface area contributed by atoms with Crippen LogP contribution in [0.3, 0.4) is 0 Å². The van der Waals surface area contributed by atoms with Crippen LogP contribution in [0.15, 0.2) is 95.9 Å². The summed E-state index contributed by atoms with van der Waals surface area (Å²) in [5.41, 5.74) is 4.05. The fourth-order valence-corrected chi connectivity index (χ4v) is 4.09. The molecule has 1 aromatic heterocycles. The van der Waals surface area contributed by atoms with Gasteiger partial charge in [-0.15, -0.1) is 0 Å². The molecule has 0 aliphatic heterocycles. The van der Waals surface area contributed by atoms with Crippen LogP contribution in [0.4, 0.5) is 0 Å². The molecule has 0 atom stereocenters. The summed E-state index contributed by atoms with van der Waals surface area (Å²) in [6.07, 6.45) is 0. The molecule has 0 bridgehead atoms. The van der Waals surface area contributed by atoms with E-state index in [0.29, 0.717) is 11.3 Å². The van der Waals surface area contributed by atoms with Crippen molar-refractivity contribution < 1.29 is 22.1 Å². The van der Waals surface area contributed by atoms with Crippen LogP contribution in [-0.4, -0.2) is 19.4 Å². The van der Waals surface area contributed by atoms with Crippen LogP contribution in [0.2, 0.25) is 0 Å². The fourth-order valence-electron chi connectivity index (χ4n) is 3.21. The van der Waals surface area contributed by atoms with Gasteiger partial charge in [0.15, 0.2) is 0 Å². The lowest BCUT2D eigenvalue weighted by Crippen LogP contribution is -2.12. The Labute approximate surface area is 199 Å². The van der Waals surface area contributed by atoms with Gasteiger partial charge in [0, 0.05) is 11.6 Å². The fraction of sp³-hybridized carbons (Fsp3) is 0.111. The summed E-state index contributed by atoms with van der Waals surface area (Å²) in [4.78, 5) is 17.2. The molecule has 0 N–H and O–H groups in total. The molecule has 0 aliphatic rings. The molecular formula is C27H23NO5S. The number of benzene rings is 3. The van der Waals surface area contributed by atoms with Crippen LogP contribution in [0.25, 0.3) is 11.3 Å². The van der Waals surface area contributed by atoms with Gasteiger partial charge in [0.2, 0.25) is 5.88 Å². The van der Waals surface area contributed by atoms with Crippen molar-refractivity contribution in [1.29, 1.82) is 0 Å². The van der Waals surface area contributed by atoms with Crippen molar-refractivity contribution in [3.8, 4) is 17.1 Å². The van der Waals surface area contributed by atoms with Gasteiger partial charge in [-0.3, -0.25) is 0 Å². The van der Waals surface area contributed by atoms with E-state index in [2.05, 4.69) is 4.98 Å². The van der Waals surface area contributed by atoms with Crippen LogP contribution in [0.5, 0.6) is 5.88 Å². The van der Waals surface area contributed by atoms with E-state index in [4.69, 9.17) is 8.92 Å². The van der Waals surface area contributed by atoms with Crippen molar-refractivity contribution in [2.75, 3.05) is 0 Å². The minimum absolute atomic E-state index is 0.00570. The maximum absolute atomic E-state index is 12.8. The van der Waals surface area contributed by atoms with Crippen molar-refractivity contribution >= 4 is 16.1 Å². The van der Waals surface area contributed by atoms with E-state index in [9.17, 15) is 13.2 Å². The van der Waals surface area contributed by atoms with Gasteiger partial charge >= 0.3 is 16.1 Å². The average molecular weight is 474 g/mol. The van der Waals surface area contributed by atoms with Crippen molar-refractivity contribution in [2.45, 2.75) is 25.3 Å². The highest BCUT2D eigenvalue weighted by Crippen LogP contribution is 2.26. The molecule has 4 aromatic rings. The number of ether oxygens (including phenoxy) is 1. The predicted molar refractivity (Wildman–Crippen MR) is 129 cm³/mol. The van der Waals surface area contributed by atoms with Crippen molar-refractivity contribution in [1.82, 2.24) is 4.98 Å². The van der Waals surface area contributed by atoms with E-state index in [1.807, 2.05) is 68.4 Å². The first-order chi connectivity index (χ1) is 16.3. The highest BCUT2D eigenvalue weighted by atomic mass is 32.2. The number of hydrogen-bond donors (Lipinski definition) is 0. The topological polar surface area (TPSA) is 82.6 Å². The minimum atomic E-state index is -4.15. The molecule has 0 fully saturated rings. The molecule has 172 valence electrons. The Morgan fingerprint density at radius 1 is 0.824 bits per heavy atom. The first-order valence-corrected chi connectivity index (χ1v) is 12.0. The summed E-state index contributed by atoms with van der Waals surface area (Å²) in [6, 6.07) is 25.9. The summed E-state index contributed by atoms with van der Waals surface area (Å²) in [7, 11) is -4.15. The van der Waals surface area contributed by atoms with E-state index < -0.39 is 16.1 Å². The van der Waals surface area contributed by atoms with Crippen LogP contribution in [-0.2, 0) is 21.5 Å². The van der Waals surface area contributed by atoms with Crippen molar-refractivity contribution in [3.05, 3.63) is 113 Å². The highest BCUT2D eigenvalue weighted by Gasteiger charge is 2.20. The first-order valence-electron chi connectivity index (χ1n) is 10.6. The zero-order valence-electron chi connectivity index (χ0n) is 18.8. The quantitative estimate of drug-likeness (QED) is 0.261. The molecule has 1 heterocycles. The Bertz CT molecular complexity index is 1400. The van der Waals surface area contributed by atoms with Gasteiger partial charge in [-0.2, -0.15) is 8.42 Å². The Hall–Kier alpha value is -3.97. The zero-order chi connectivity index (χ0) is 24.1. The molecule has 0 spiro atoms. The van der Waals surface area contributed by atoms with E-state index in [1.165, 1.54) is 18.2 Å². The average Bonchev–Trinajstić information content (AvgIpc) is 2.83. The molecule has 4 rings (SSSR count). The summed E-state index contributed by atoms with van der Waals surface area (Å²) in [6.45, 7) is 3.90. The summed E-state index contributed by atoms with van der Waals surface area (Å²) in [5, 5.41) is 0. The number of rotatable bonds is 7. The van der Waals surface area contributed by atoms with E-state index in [-0.39, 0.29) is 22.9 Å². The number of carbonyl (C=O) groups excluding carboxylic acids is 1. The molecule has 0 aliphatic carbocycles. The number of aromatic nitrogens is 1. The molecule has 0 unspecified atom stereocenters. The standard InChI is InChI=1S/C27H23NO5S/c1-19-8-12-22(13-9-19)25-16-23(27(29)32-18-21-6-4-3-5-7-21)17-26(28-25)33-34(30,31)24-14-10-20(2)11-15-24/h3-17H,18H2,1-2H3. The van der Waals surface area contributed by atoms with Crippen LogP contribution in [0, 0.1) is 13.8 Å². The second-order valence-corrected chi connectivity index (χ2v) is 9.40. The Morgan fingerprint density at radius 2 is 1.44 bits per heavy atom. The predicted octanol–water partition coefficient (Wildman–Crippen LogP) is 5.49. The van der Waals surface area contributed by atoms with E-state index in [1.54, 1.807) is 18.2 Å². The Balaban J connectivity index is 1.67.